The Hall–Kier alpha value is -2.13. The van der Waals surface area contributed by atoms with Crippen molar-refractivity contribution in [3.63, 3.8) is 0 Å². The molecule has 2 aromatic rings. The molecule has 0 spiro atoms. The molecule has 0 radical (unpaired) electrons. The van der Waals surface area contributed by atoms with E-state index in [1.807, 2.05) is 38.3 Å². The lowest BCUT2D eigenvalue weighted by atomic mass is 9.95. The Morgan fingerprint density at radius 3 is 2.77 bits per heavy atom. The number of halogens is 1. The second-order valence-corrected chi connectivity index (χ2v) is 10.3. The highest BCUT2D eigenvalue weighted by molar-refractivity contribution is 9.10. The van der Waals surface area contributed by atoms with Gasteiger partial charge in [-0.3, -0.25) is 9.20 Å². The molecule has 31 heavy (non-hydrogen) atoms. The number of carbonyl (C=O) groups is 1. The van der Waals surface area contributed by atoms with Gasteiger partial charge in [0.15, 0.2) is 0 Å². The maximum atomic E-state index is 13.0. The number of fused-ring (bicyclic) bond motifs is 1. The highest BCUT2D eigenvalue weighted by Gasteiger charge is 2.36. The third-order valence-corrected chi connectivity index (χ3v) is 6.43. The molecule has 0 bridgehead atoms. The number of hydrogen-bond acceptors (Lipinski definition) is 5. The summed E-state index contributed by atoms with van der Waals surface area (Å²) in [5.41, 5.74) is 2.78. The SMILES string of the molecule is CC1=C(c2nc(Br)c3c(=O)[nH]c([C@@H]4CN(C(=O)OC(C)(C)C)C[C@H]4C)cn23)CCOC1. The van der Waals surface area contributed by atoms with Gasteiger partial charge in [-0.1, -0.05) is 6.92 Å². The fraction of sp³-hybridized carbons (Fsp3) is 0.591. The molecule has 0 saturated carbocycles. The van der Waals surface area contributed by atoms with Gasteiger partial charge in [-0.05, 0) is 67.1 Å². The van der Waals surface area contributed by atoms with Crippen molar-refractivity contribution in [3.05, 3.63) is 38.2 Å². The van der Waals surface area contributed by atoms with Gasteiger partial charge in [0, 0.05) is 30.9 Å². The van der Waals surface area contributed by atoms with Crippen LogP contribution in [0.2, 0.25) is 0 Å². The summed E-state index contributed by atoms with van der Waals surface area (Å²) < 4.78 is 13.5. The van der Waals surface area contributed by atoms with Crippen LogP contribution in [0.4, 0.5) is 4.79 Å². The normalized spacial score (nSPS) is 22.5. The number of aromatic amines is 1. The van der Waals surface area contributed by atoms with Crippen molar-refractivity contribution in [2.45, 2.75) is 52.6 Å². The molecule has 4 rings (SSSR count). The van der Waals surface area contributed by atoms with Crippen LogP contribution in [-0.2, 0) is 9.47 Å². The van der Waals surface area contributed by atoms with Gasteiger partial charge >= 0.3 is 6.09 Å². The largest absolute Gasteiger partial charge is 0.444 e. The number of amides is 1. The lowest BCUT2D eigenvalue weighted by Crippen LogP contribution is -2.35. The molecule has 9 heteroatoms. The third-order valence-electron chi connectivity index (χ3n) is 5.87. The van der Waals surface area contributed by atoms with Gasteiger partial charge in [-0.25, -0.2) is 9.78 Å². The van der Waals surface area contributed by atoms with E-state index in [2.05, 4.69) is 32.8 Å². The van der Waals surface area contributed by atoms with Crippen molar-refractivity contribution in [1.29, 1.82) is 0 Å². The third kappa shape index (κ3) is 4.30. The summed E-state index contributed by atoms with van der Waals surface area (Å²) in [5.74, 6) is 0.952. The summed E-state index contributed by atoms with van der Waals surface area (Å²) in [7, 11) is 0. The molecular weight excluding hydrogens is 464 g/mol. The van der Waals surface area contributed by atoms with Crippen LogP contribution >= 0.6 is 15.9 Å². The van der Waals surface area contributed by atoms with Gasteiger partial charge in [0.2, 0.25) is 0 Å². The first-order valence-electron chi connectivity index (χ1n) is 10.6. The van der Waals surface area contributed by atoms with Crippen LogP contribution in [0.25, 0.3) is 11.1 Å². The van der Waals surface area contributed by atoms with Gasteiger partial charge in [0.1, 0.15) is 21.5 Å². The zero-order valence-electron chi connectivity index (χ0n) is 18.6. The summed E-state index contributed by atoms with van der Waals surface area (Å²) in [6, 6.07) is 0. The lowest BCUT2D eigenvalue weighted by Gasteiger charge is -2.24. The number of rotatable bonds is 2. The van der Waals surface area contributed by atoms with Crippen molar-refractivity contribution in [1.82, 2.24) is 19.3 Å². The van der Waals surface area contributed by atoms with E-state index in [-0.39, 0.29) is 23.5 Å². The van der Waals surface area contributed by atoms with Gasteiger partial charge in [0.05, 0.1) is 13.2 Å². The Morgan fingerprint density at radius 2 is 2.10 bits per heavy atom. The minimum Gasteiger partial charge on any atom is -0.444 e. The highest BCUT2D eigenvalue weighted by atomic mass is 79.9. The van der Waals surface area contributed by atoms with Gasteiger partial charge in [-0.2, -0.15) is 0 Å². The predicted molar refractivity (Wildman–Crippen MR) is 121 cm³/mol. The first-order valence-corrected chi connectivity index (χ1v) is 11.4. The molecule has 2 aliphatic rings. The number of ether oxygens (including phenoxy) is 2. The maximum Gasteiger partial charge on any atom is 0.410 e. The van der Waals surface area contributed by atoms with E-state index in [1.54, 1.807) is 4.90 Å². The van der Waals surface area contributed by atoms with E-state index in [0.717, 1.165) is 29.1 Å². The van der Waals surface area contributed by atoms with Crippen LogP contribution in [-0.4, -0.2) is 57.3 Å². The zero-order chi connectivity index (χ0) is 22.5. The Morgan fingerprint density at radius 1 is 1.35 bits per heavy atom. The van der Waals surface area contributed by atoms with E-state index < -0.39 is 5.60 Å². The first-order chi connectivity index (χ1) is 14.5. The van der Waals surface area contributed by atoms with Gasteiger partial charge in [-0.15, -0.1) is 0 Å². The standard InChI is InChI=1S/C22H29BrN4O4/c1-12-8-26(21(29)31-22(3,4)5)9-15(12)16-10-27-17(20(28)24-16)18(23)25-19(27)14-6-7-30-11-13(14)2/h10,12,15H,6-9,11H2,1-5H3,(H,24,28)/t12-,15-/m1/s1. The van der Waals surface area contributed by atoms with Crippen LogP contribution < -0.4 is 5.56 Å². The Balaban J connectivity index is 1.71. The topological polar surface area (TPSA) is 88.9 Å². The van der Waals surface area contributed by atoms with Crippen molar-refractivity contribution in [3.8, 4) is 0 Å². The van der Waals surface area contributed by atoms with E-state index in [9.17, 15) is 9.59 Å². The molecule has 4 heterocycles. The molecule has 0 unspecified atom stereocenters. The summed E-state index contributed by atoms with van der Waals surface area (Å²) >= 11 is 3.46. The zero-order valence-corrected chi connectivity index (χ0v) is 20.2. The molecule has 1 saturated heterocycles. The molecule has 1 fully saturated rings. The number of carbonyl (C=O) groups excluding carboxylic acids is 1. The number of nitrogens with zero attached hydrogens (tertiary/aromatic N) is 3. The average molecular weight is 493 g/mol. The van der Waals surface area contributed by atoms with Crippen LogP contribution in [0, 0.1) is 5.92 Å². The molecule has 168 valence electrons. The molecule has 2 aromatic heterocycles. The minimum absolute atomic E-state index is 0.00316. The number of H-pyrrole nitrogens is 1. The Kier molecular flexibility index (Phi) is 5.76. The van der Waals surface area contributed by atoms with Crippen LogP contribution in [0.1, 0.15) is 58.5 Å². The van der Waals surface area contributed by atoms with Crippen LogP contribution in [0.5, 0.6) is 0 Å². The van der Waals surface area contributed by atoms with E-state index in [4.69, 9.17) is 9.47 Å². The quantitative estimate of drug-likeness (QED) is 0.685. The van der Waals surface area contributed by atoms with Crippen molar-refractivity contribution in [2.75, 3.05) is 26.3 Å². The molecule has 1 amide bonds. The number of aromatic nitrogens is 3. The lowest BCUT2D eigenvalue weighted by molar-refractivity contribution is 0.0287. The Labute approximate surface area is 189 Å². The summed E-state index contributed by atoms with van der Waals surface area (Å²) in [4.78, 5) is 34.9. The second-order valence-electron chi connectivity index (χ2n) is 9.51. The summed E-state index contributed by atoms with van der Waals surface area (Å²) in [5, 5.41) is 0. The highest BCUT2D eigenvalue weighted by Crippen LogP contribution is 2.34. The predicted octanol–water partition coefficient (Wildman–Crippen LogP) is 3.95. The van der Waals surface area contributed by atoms with Crippen molar-refractivity contribution in [2.24, 2.45) is 5.92 Å². The molecule has 2 atom stereocenters. The molecular formula is C22H29BrN4O4. The van der Waals surface area contributed by atoms with Gasteiger partial charge < -0.3 is 19.4 Å². The summed E-state index contributed by atoms with van der Waals surface area (Å²) in [6.45, 7) is 12.0. The van der Waals surface area contributed by atoms with E-state index in [1.165, 1.54) is 0 Å². The Bertz CT molecular complexity index is 1110. The van der Waals surface area contributed by atoms with Crippen LogP contribution in [0.3, 0.4) is 0 Å². The summed E-state index contributed by atoms with van der Waals surface area (Å²) in [6.07, 6.45) is 2.39. The van der Waals surface area contributed by atoms with E-state index in [0.29, 0.717) is 36.4 Å². The minimum atomic E-state index is -0.543. The first kappa shape index (κ1) is 22.1. The fourth-order valence-corrected chi connectivity index (χ4v) is 4.89. The molecule has 8 nitrogen and oxygen atoms in total. The van der Waals surface area contributed by atoms with Gasteiger partial charge in [0.25, 0.3) is 5.56 Å². The molecule has 1 N–H and O–H groups in total. The number of hydrogen-bond donors (Lipinski definition) is 1. The molecule has 0 aromatic carbocycles. The number of nitrogens with one attached hydrogen (secondary N) is 1. The number of likely N-dealkylation sites (tertiary alicyclic amines) is 1. The van der Waals surface area contributed by atoms with Crippen molar-refractivity contribution >= 4 is 33.1 Å². The molecule has 0 aliphatic carbocycles. The monoisotopic (exact) mass is 492 g/mol. The van der Waals surface area contributed by atoms with E-state index >= 15 is 0 Å². The smallest absolute Gasteiger partial charge is 0.410 e. The van der Waals surface area contributed by atoms with Crippen LogP contribution in [0.15, 0.2) is 21.2 Å². The fourth-order valence-electron chi connectivity index (χ4n) is 4.35. The second kappa shape index (κ2) is 8.09. The molecule has 2 aliphatic heterocycles. The van der Waals surface area contributed by atoms with Crippen molar-refractivity contribution < 1.29 is 14.3 Å². The number of imidazole rings is 1. The average Bonchev–Trinajstić information content (AvgIpc) is 3.21. The maximum absolute atomic E-state index is 13.0.